The summed E-state index contributed by atoms with van der Waals surface area (Å²) in [5, 5.41) is 0. The topological polar surface area (TPSA) is 12.4 Å². The van der Waals surface area contributed by atoms with Crippen molar-refractivity contribution >= 4 is 11.8 Å². The van der Waals surface area contributed by atoms with E-state index in [2.05, 4.69) is 62.2 Å². The van der Waals surface area contributed by atoms with Gasteiger partial charge in [0.15, 0.2) is 0 Å². The predicted octanol–water partition coefficient (Wildman–Crippen LogP) is 4.05. The van der Waals surface area contributed by atoms with Crippen LogP contribution in [0.3, 0.4) is 0 Å². The van der Waals surface area contributed by atoms with Crippen molar-refractivity contribution in [1.29, 1.82) is 0 Å². The van der Waals surface area contributed by atoms with Crippen LogP contribution in [0.25, 0.3) is 5.57 Å². The molecule has 1 aromatic carbocycles. The molecule has 16 heavy (non-hydrogen) atoms. The van der Waals surface area contributed by atoms with Crippen LogP contribution in [0.1, 0.15) is 25.0 Å². The van der Waals surface area contributed by atoms with Crippen molar-refractivity contribution < 1.29 is 0 Å². The maximum Gasteiger partial charge on any atom is 0.0277 e. The van der Waals surface area contributed by atoms with Crippen LogP contribution in [0.15, 0.2) is 47.0 Å². The van der Waals surface area contributed by atoms with Gasteiger partial charge in [-0.3, -0.25) is 4.99 Å². The van der Waals surface area contributed by atoms with Crippen LogP contribution in [-0.2, 0) is 0 Å². The molecule has 0 spiro atoms. The van der Waals surface area contributed by atoms with E-state index >= 15 is 0 Å². The fraction of sp³-hybridized carbons (Fsp3) is 0.267. The second kappa shape index (κ2) is 6.06. The lowest BCUT2D eigenvalue weighted by atomic mass is 10.0. The molecule has 0 fully saturated rings. The summed E-state index contributed by atoms with van der Waals surface area (Å²) in [6.07, 6.45) is 6.09. The minimum Gasteiger partial charge on any atom is -0.296 e. The van der Waals surface area contributed by atoms with Crippen molar-refractivity contribution in [1.82, 2.24) is 0 Å². The number of hydrogen-bond donors (Lipinski definition) is 0. The Hall–Kier alpha value is -1.63. The lowest BCUT2D eigenvalue weighted by Gasteiger charge is -2.04. The highest BCUT2D eigenvalue weighted by Crippen LogP contribution is 2.17. The first-order chi connectivity index (χ1) is 7.65. The van der Waals surface area contributed by atoms with E-state index in [1.807, 2.05) is 6.21 Å². The van der Waals surface area contributed by atoms with Gasteiger partial charge in [-0.1, -0.05) is 36.4 Å². The van der Waals surface area contributed by atoms with Gasteiger partial charge in [0, 0.05) is 13.3 Å². The Bertz CT molecular complexity index is 437. The normalized spacial score (nSPS) is 13.5. The van der Waals surface area contributed by atoms with Crippen molar-refractivity contribution in [3.8, 4) is 0 Å². The minimum atomic E-state index is 1.16. The highest BCUT2D eigenvalue weighted by molar-refractivity contribution is 5.79. The molecule has 0 saturated carbocycles. The summed E-state index contributed by atoms with van der Waals surface area (Å²) in [6, 6.07) is 8.43. The van der Waals surface area contributed by atoms with E-state index in [0.29, 0.717) is 0 Å². The molecule has 0 aliphatic carbocycles. The number of aryl methyl sites for hydroxylation is 1. The van der Waals surface area contributed by atoms with Crippen LogP contribution in [0.2, 0.25) is 0 Å². The molecule has 0 amide bonds. The summed E-state index contributed by atoms with van der Waals surface area (Å²) in [6.45, 7) is 6.32. The molecule has 0 heterocycles. The molecule has 1 aromatic rings. The van der Waals surface area contributed by atoms with Crippen LogP contribution < -0.4 is 0 Å². The highest BCUT2D eigenvalue weighted by atomic mass is 14.6. The number of allylic oxidation sites excluding steroid dienone is 4. The van der Waals surface area contributed by atoms with Crippen molar-refractivity contribution in [2.24, 2.45) is 4.99 Å². The van der Waals surface area contributed by atoms with Gasteiger partial charge in [0.05, 0.1) is 0 Å². The summed E-state index contributed by atoms with van der Waals surface area (Å²) in [4.78, 5) is 3.98. The maximum absolute atomic E-state index is 3.98. The standard InChI is InChI=1S/C15H19N/c1-12(11-16-4)9-10-14(3)15-8-6-5-7-13(15)2/h5-11H,1-4H3/b12-9-,14-10+,16-11+. The van der Waals surface area contributed by atoms with Crippen molar-refractivity contribution in [3.05, 3.63) is 53.1 Å². The SMILES string of the molecule is C/N=C/C(C)=C\C=C(/C)c1ccccc1C. The molecule has 1 heteroatoms. The highest BCUT2D eigenvalue weighted by Gasteiger charge is 1.97. The van der Waals surface area contributed by atoms with Crippen LogP contribution in [0.5, 0.6) is 0 Å². The first-order valence-corrected chi connectivity index (χ1v) is 5.48. The largest absolute Gasteiger partial charge is 0.296 e. The molecule has 0 bridgehead atoms. The van der Waals surface area contributed by atoms with Gasteiger partial charge in [0.2, 0.25) is 0 Å². The molecule has 84 valence electrons. The fourth-order valence-electron chi connectivity index (χ4n) is 1.61. The second-order valence-corrected chi connectivity index (χ2v) is 3.96. The summed E-state index contributed by atoms with van der Waals surface area (Å²) in [5.41, 5.74) is 5.06. The third-order valence-corrected chi connectivity index (χ3v) is 2.50. The molecular formula is C15H19N. The zero-order chi connectivity index (χ0) is 12.0. The Morgan fingerprint density at radius 3 is 2.44 bits per heavy atom. The molecule has 0 aliphatic rings. The van der Waals surface area contributed by atoms with E-state index in [4.69, 9.17) is 0 Å². The molecule has 0 aromatic heterocycles. The fourth-order valence-corrected chi connectivity index (χ4v) is 1.61. The van der Waals surface area contributed by atoms with Crippen molar-refractivity contribution in [2.45, 2.75) is 20.8 Å². The van der Waals surface area contributed by atoms with Gasteiger partial charge in [-0.05, 0) is 43.0 Å². The van der Waals surface area contributed by atoms with Gasteiger partial charge >= 0.3 is 0 Å². The molecule has 0 radical (unpaired) electrons. The average Bonchev–Trinajstić information content (AvgIpc) is 2.27. The number of rotatable bonds is 3. The van der Waals surface area contributed by atoms with E-state index in [1.54, 1.807) is 7.05 Å². The minimum absolute atomic E-state index is 1.16. The van der Waals surface area contributed by atoms with E-state index in [1.165, 1.54) is 16.7 Å². The van der Waals surface area contributed by atoms with Gasteiger partial charge < -0.3 is 0 Å². The lowest BCUT2D eigenvalue weighted by molar-refractivity contribution is 1.41. The first kappa shape index (κ1) is 12.4. The molecule has 0 aliphatic heterocycles. The second-order valence-electron chi connectivity index (χ2n) is 3.96. The summed E-state index contributed by atoms with van der Waals surface area (Å²) in [5.74, 6) is 0. The Labute approximate surface area is 98.2 Å². The number of benzene rings is 1. The number of aliphatic imine (C=N–C) groups is 1. The van der Waals surface area contributed by atoms with Gasteiger partial charge in [0.1, 0.15) is 0 Å². The Balaban J connectivity index is 2.94. The van der Waals surface area contributed by atoms with Gasteiger partial charge in [-0.15, -0.1) is 0 Å². The number of nitrogens with zero attached hydrogens (tertiary/aromatic N) is 1. The molecule has 0 N–H and O–H groups in total. The quantitative estimate of drug-likeness (QED) is 0.530. The molecule has 0 saturated heterocycles. The third kappa shape index (κ3) is 3.50. The third-order valence-electron chi connectivity index (χ3n) is 2.50. The van der Waals surface area contributed by atoms with Gasteiger partial charge in [-0.25, -0.2) is 0 Å². The van der Waals surface area contributed by atoms with Crippen molar-refractivity contribution in [2.75, 3.05) is 7.05 Å². The predicted molar refractivity (Wildman–Crippen MR) is 73.0 cm³/mol. The molecule has 0 atom stereocenters. The van der Waals surface area contributed by atoms with Crippen LogP contribution in [0, 0.1) is 6.92 Å². The average molecular weight is 213 g/mol. The molecule has 1 nitrogen and oxygen atoms in total. The van der Waals surface area contributed by atoms with Crippen molar-refractivity contribution in [3.63, 3.8) is 0 Å². The summed E-state index contributed by atoms with van der Waals surface area (Å²) >= 11 is 0. The molecular weight excluding hydrogens is 194 g/mol. The Kier molecular flexibility index (Phi) is 4.71. The van der Waals surface area contributed by atoms with Crippen LogP contribution in [0.4, 0.5) is 0 Å². The first-order valence-electron chi connectivity index (χ1n) is 5.48. The summed E-state index contributed by atoms with van der Waals surface area (Å²) < 4.78 is 0. The molecule has 0 unspecified atom stereocenters. The van der Waals surface area contributed by atoms with Gasteiger partial charge in [-0.2, -0.15) is 0 Å². The van der Waals surface area contributed by atoms with E-state index < -0.39 is 0 Å². The molecule has 1 rings (SSSR count). The van der Waals surface area contributed by atoms with Crippen LogP contribution in [-0.4, -0.2) is 13.3 Å². The Morgan fingerprint density at radius 1 is 1.12 bits per heavy atom. The smallest absolute Gasteiger partial charge is 0.0277 e. The van der Waals surface area contributed by atoms with E-state index in [0.717, 1.165) is 5.57 Å². The van der Waals surface area contributed by atoms with Crippen LogP contribution >= 0.6 is 0 Å². The van der Waals surface area contributed by atoms with Gasteiger partial charge in [0.25, 0.3) is 0 Å². The number of hydrogen-bond acceptors (Lipinski definition) is 1. The summed E-state index contributed by atoms with van der Waals surface area (Å²) in [7, 11) is 1.79. The van der Waals surface area contributed by atoms with E-state index in [9.17, 15) is 0 Å². The lowest BCUT2D eigenvalue weighted by Crippen LogP contribution is -1.84. The van der Waals surface area contributed by atoms with E-state index in [-0.39, 0.29) is 0 Å². The Morgan fingerprint density at radius 2 is 1.81 bits per heavy atom. The zero-order valence-corrected chi connectivity index (χ0v) is 10.5. The maximum atomic E-state index is 3.98. The zero-order valence-electron chi connectivity index (χ0n) is 10.5. The monoisotopic (exact) mass is 213 g/mol.